The topological polar surface area (TPSA) is 104 Å². The average molecular weight is 560 g/mol. The average Bonchev–Trinajstić information content (AvgIpc) is 2.98. The van der Waals surface area contributed by atoms with Gasteiger partial charge < -0.3 is 15.7 Å². The van der Waals surface area contributed by atoms with E-state index in [2.05, 4.69) is 29.2 Å². The molecule has 5 rings (SSSR count). The molecule has 3 aromatic rings. The normalized spacial score (nSPS) is 21.8. The lowest BCUT2D eigenvalue weighted by Crippen LogP contribution is -2.58. The number of halogens is 1. The van der Waals surface area contributed by atoms with Gasteiger partial charge in [0, 0.05) is 31.2 Å². The van der Waals surface area contributed by atoms with Gasteiger partial charge in [0.2, 0.25) is 11.8 Å². The van der Waals surface area contributed by atoms with Crippen LogP contribution in [-0.4, -0.2) is 58.9 Å². The molecule has 8 heteroatoms. The summed E-state index contributed by atoms with van der Waals surface area (Å²) in [7, 11) is 0. The zero-order valence-electron chi connectivity index (χ0n) is 22.3. The molecule has 1 saturated heterocycles. The molecule has 2 aliphatic rings. The third kappa shape index (κ3) is 5.23. The molecule has 0 spiro atoms. The summed E-state index contributed by atoms with van der Waals surface area (Å²) >= 11 is 6.11. The summed E-state index contributed by atoms with van der Waals surface area (Å²) in [6, 6.07) is 25.2. The maximum atomic E-state index is 14.1. The third-order valence-electron chi connectivity index (χ3n) is 8.56. The fourth-order valence-corrected chi connectivity index (χ4v) is 6.82. The fourth-order valence-electron chi connectivity index (χ4n) is 6.65. The van der Waals surface area contributed by atoms with E-state index in [1.807, 2.05) is 41.3 Å². The van der Waals surface area contributed by atoms with Crippen molar-refractivity contribution in [2.75, 3.05) is 26.2 Å². The number of carboxylic acids is 1. The Hall–Kier alpha value is -3.68. The highest BCUT2D eigenvalue weighted by Gasteiger charge is 2.53. The van der Waals surface area contributed by atoms with Crippen LogP contribution in [0.4, 0.5) is 0 Å². The van der Waals surface area contributed by atoms with Gasteiger partial charge in [-0.3, -0.25) is 14.5 Å². The summed E-state index contributed by atoms with van der Waals surface area (Å²) in [5, 5.41) is 10.2. The predicted molar refractivity (Wildman–Crippen MR) is 154 cm³/mol. The van der Waals surface area contributed by atoms with Gasteiger partial charge in [0.1, 0.15) is 0 Å². The standard InChI is InChI=1S/C32H34ClN3O4/c33-24-14-15-26(25(21-24)30(38)39)32(31(34)40)16-8-7-13-27(32)29(37)36-19-17-35(18-20-36)28(22-9-3-1-4-10-22)23-11-5-2-6-12-23/h1-6,9-12,14-15,21,27-28H,7-8,13,16-20H2,(H2,34,40)(H,38,39)/t27-,32-/m0/s1. The van der Waals surface area contributed by atoms with Crippen LogP contribution in [0.5, 0.6) is 0 Å². The van der Waals surface area contributed by atoms with Gasteiger partial charge in [-0.15, -0.1) is 0 Å². The van der Waals surface area contributed by atoms with E-state index in [1.165, 1.54) is 17.2 Å². The largest absolute Gasteiger partial charge is 0.478 e. The second kappa shape index (κ2) is 11.8. The lowest BCUT2D eigenvalue weighted by Gasteiger charge is -2.46. The highest BCUT2D eigenvalue weighted by molar-refractivity contribution is 6.31. The summed E-state index contributed by atoms with van der Waals surface area (Å²) in [5.74, 6) is -2.73. The SMILES string of the molecule is NC(=O)[C@]1(c2ccc(Cl)cc2C(=O)O)CCCC[C@H]1C(=O)N1CCN(C(c2ccccc2)c2ccccc2)CC1. The number of carbonyl (C=O) groups excluding carboxylic acids is 2. The molecule has 3 aromatic carbocycles. The number of carbonyl (C=O) groups is 3. The van der Waals surface area contributed by atoms with Gasteiger partial charge in [0.15, 0.2) is 0 Å². The van der Waals surface area contributed by atoms with Crippen LogP contribution < -0.4 is 5.73 Å². The third-order valence-corrected chi connectivity index (χ3v) is 8.80. The Morgan fingerprint density at radius 2 is 1.48 bits per heavy atom. The molecule has 1 saturated carbocycles. The first-order chi connectivity index (χ1) is 19.3. The number of primary amides is 1. The van der Waals surface area contributed by atoms with Crippen molar-refractivity contribution in [3.8, 4) is 0 Å². The van der Waals surface area contributed by atoms with Crippen LogP contribution >= 0.6 is 11.6 Å². The molecule has 3 N–H and O–H groups in total. The minimum atomic E-state index is -1.40. The zero-order valence-corrected chi connectivity index (χ0v) is 23.1. The Morgan fingerprint density at radius 1 is 0.875 bits per heavy atom. The molecule has 2 amide bonds. The molecule has 1 aliphatic carbocycles. The molecule has 0 aromatic heterocycles. The van der Waals surface area contributed by atoms with E-state index in [9.17, 15) is 19.5 Å². The first-order valence-corrected chi connectivity index (χ1v) is 14.2. The minimum absolute atomic E-state index is 0.0613. The van der Waals surface area contributed by atoms with Gasteiger partial charge in [0.25, 0.3) is 0 Å². The lowest BCUT2D eigenvalue weighted by molar-refractivity contribution is -0.146. The summed E-state index contributed by atoms with van der Waals surface area (Å²) in [4.78, 5) is 43.7. The van der Waals surface area contributed by atoms with Crippen molar-refractivity contribution in [2.45, 2.75) is 37.1 Å². The lowest BCUT2D eigenvalue weighted by atomic mass is 9.60. The second-order valence-corrected chi connectivity index (χ2v) is 11.2. The molecule has 1 heterocycles. The molecular formula is C32H34ClN3O4. The molecule has 7 nitrogen and oxygen atoms in total. The predicted octanol–water partition coefficient (Wildman–Crippen LogP) is 4.89. The molecule has 0 radical (unpaired) electrons. The molecule has 1 aliphatic heterocycles. The first-order valence-electron chi connectivity index (χ1n) is 13.8. The second-order valence-electron chi connectivity index (χ2n) is 10.7. The number of hydrogen-bond donors (Lipinski definition) is 2. The summed E-state index contributed by atoms with van der Waals surface area (Å²) < 4.78 is 0. The Kier molecular flexibility index (Phi) is 8.24. The van der Waals surface area contributed by atoms with E-state index in [0.717, 1.165) is 6.42 Å². The number of hydrogen-bond acceptors (Lipinski definition) is 4. The van der Waals surface area contributed by atoms with Crippen molar-refractivity contribution in [3.63, 3.8) is 0 Å². The minimum Gasteiger partial charge on any atom is -0.478 e. The van der Waals surface area contributed by atoms with E-state index in [1.54, 1.807) is 12.1 Å². The first kappa shape index (κ1) is 27.9. The molecular weight excluding hydrogens is 526 g/mol. The highest BCUT2D eigenvalue weighted by Crippen LogP contribution is 2.46. The van der Waals surface area contributed by atoms with Crippen LogP contribution in [0.2, 0.25) is 5.02 Å². The van der Waals surface area contributed by atoms with Crippen LogP contribution in [0.15, 0.2) is 78.9 Å². The molecule has 40 heavy (non-hydrogen) atoms. The van der Waals surface area contributed by atoms with Crippen LogP contribution in [0.1, 0.15) is 58.8 Å². The Bertz CT molecular complexity index is 1340. The van der Waals surface area contributed by atoms with Gasteiger partial charge >= 0.3 is 5.97 Å². The number of rotatable bonds is 7. The van der Waals surface area contributed by atoms with Crippen molar-refractivity contribution in [3.05, 3.63) is 106 Å². The zero-order chi connectivity index (χ0) is 28.3. The number of benzene rings is 3. The fraction of sp³-hybridized carbons (Fsp3) is 0.344. The maximum Gasteiger partial charge on any atom is 0.336 e. The van der Waals surface area contributed by atoms with Crippen molar-refractivity contribution >= 4 is 29.4 Å². The van der Waals surface area contributed by atoms with E-state index in [4.69, 9.17) is 17.3 Å². The van der Waals surface area contributed by atoms with Crippen molar-refractivity contribution in [1.82, 2.24) is 9.80 Å². The summed E-state index contributed by atoms with van der Waals surface area (Å²) in [5.41, 5.74) is 7.23. The highest BCUT2D eigenvalue weighted by atomic mass is 35.5. The number of piperazine rings is 1. The smallest absolute Gasteiger partial charge is 0.336 e. The van der Waals surface area contributed by atoms with Gasteiger partial charge in [-0.1, -0.05) is 91.2 Å². The van der Waals surface area contributed by atoms with Gasteiger partial charge in [-0.25, -0.2) is 4.79 Å². The van der Waals surface area contributed by atoms with E-state index >= 15 is 0 Å². The van der Waals surface area contributed by atoms with Crippen molar-refractivity contribution < 1.29 is 19.5 Å². The van der Waals surface area contributed by atoms with Gasteiger partial charge in [-0.05, 0) is 41.7 Å². The summed E-state index contributed by atoms with van der Waals surface area (Å²) in [6.45, 7) is 2.34. The van der Waals surface area contributed by atoms with E-state index < -0.39 is 23.2 Å². The Balaban J connectivity index is 1.42. The molecule has 0 bridgehead atoms. The quantitative estimate of drug-likeness (QED) is 0.429. The molecule has 0 unspecified atom stereocenters. The Morgan fingerprint density at radius 3 is 2.02 bits per heavy atom. The van der Waals surface area contributed by atoms with Gasteiger partial charge in [-0.2, -0.15) is 0 Å². The van der Waals surface area contributed by atoms with E-state index in [0.29, 0.717) is 45.4 Å². The number of amides is 2. The van der Waals surface area contributed by atoms with Crippen molar-refractivity contribution in [1.29, 1.82) is 0 Å². The molecule has 2 atom stereocenters. The van der Waals surface area contributed by atoms with Crippen molar-refractivity contribution in [2.24, 2.45) is 11.7 Å². The van der Waals surface area contributed by atoms with E-state index in [-0.39, 0.29) is 28.1 Å². The van der Waals surface area contributed by atoms with Crippen LogP contribution in [0.25, 0.3) is 0 Å². The van der Waals surface area contributed by atoms with Crippen LogP contribution in [0, 0.1) is 5.92 Å². The van der Waals surface area contributed by atoms with Crippen LogP contribution in [0.3, 0.4) is 0 Å². The number of nitrogens with zero attached hydrogens (tertiary/aromatic N) is 2. The van der Waals surface area contributed by atoms with Crippen LogP contribution in [-0.2, 0) is 15.0 Å². The molecule has 208 valence electrons. The number of carboxylic acid groups (broad SMARTS) is 1. The van der Waals surface area contributed by atoms with Gasteiger partial charge in [0.05, 0.1) is 22.9 Å². The summed E-state index contributed by atoms with van der Waals surface area (Å²) in [6.07, 6.45) is 2.24. The number of aromatic carboxylic acids is 1. The number of nitrogens with two attached hydrogens (primary N) is 1. The molecule has 2 fully saturated rings. The Labute approximate surface area is 239 Å². The monoisotopic (exact) mass is 559 g/mol. The maximum absolute atomic E-state index is 14.1.